The number of benzene rings is 2. The van der Waals surface area contributed by atoms with Crippen molar-refractivity contribution in [3.8, 4) is 5.75 Å². The van der Waals surface area contributed by atoms with E-state index in [-0.39, 0.29) is 6.10 Å². The van der Waals surface area contributed by atoms with Gasteiger partial charge in [0.05, 0.1) is 0 Å². The Balaban J connectivity index is 1.34. The van der Waals surface area contributed by atoms with Gasteiger partial charge in [0.1, 0.15) is 11.9 Å². The monoisotopic (exact) mass is 352 g/mol. The van der Waals surface area contributed by atoms with E-state index in [9.17, 15) is 0 Å². The Morgan fingerprint density at radius 1 is 1.04 bits per heavy atom. The molecule has 3 aromatic rings. The first-order chi connectivity index (χ1) is 12.3. The topological polar surface area (TPSA) is 25.4 Å². The quantitative estimate of drug-likeness (QED) is 0.665. The molecule has 128 valence electrons. The van der Waals surface area contributed by atoms with Gasteiger partial charge in [-0.3, -0.25) is 9.88 Å². The molecule has 1 aliphatic rings. The molecule has 0 aliphatic carbocycles. The van der Waals surface area contributed by atoms with Crippen LogP contribution in [0.3, 0.4) is 0 Å². The van der Waals surface area contributed by atoms with Gasteiger partial charge < -0.3 is 4.74 Å². The zero-order valence-corrected chi connectivity index (χ0v) is 14.8. The van der Waals surface area contributed by atoms with Crippen molar-refractivity contribution in [1.82, 2.24) is 9.88 Å². The van der Waals surface area contributed by atoms with Crippen LogP contribution >= 0.6 is 11.6 Å². The van der Waals surface area contributed by atoms with Crippen molar-refractivity contribution < 1.29 is 4.74 Å². The summed E-state index contributed by atoms with van der Waals surface area (Å²) in [5.74, 6) is 0.947. The summed E-state index contributed by atoms with van der Waals surface area (Å²) in [4.78, 5) is 6.60. The summed E-state index contributed by atoms with van der Waals surface area (Å²) in [5, 5.41) is 3.17. The van der Waals surface area contributed by atoms with E-state index in [0.717, 1.165) is 48.6 Å². The van der Waals surface area contributed by atoms with Crippen LogP contribution in [0.4, 0.5) is 0 Å². The number of hydrogen-bond acceptors (Lipinski definition) is 3. The molecule has 0 spiro atoms. The third-order valence-electron chi connectivity index (χ3n) is 4.80. The molecule has 0 N–H and O–H groups in total. The van der Waals surface area contributed by atoms with Crippen molar-refractivity contribution in [1.29, 1.82) is 0 Å². The van der Waals surface area contributed by atoms with Gasteiger partial charge in [-0.1, -0.05) is 29.8 Å². The highest BCUT2D eigenvalue weighted by Gasteiger charge is 2.21. The van der Waals surface area contributed by atoms with Crippen molar-refractivity contribution in [3.63, 3.8) is 0 Å². The van der Waals surface area contributed by atoms with Gasteiger partial charge in [0.2, 0.25) is 0 Å². The third-order valence-corrected chi connectivity index (χ3v) is 5.17. The minimum Gasteiger partial charge on any atom is -0.490 e. The average molecular weight is 353 g/mol. The molecule has 25 heavy (non-hydrogen) atoms. The Kier molecular flexibility index (Phi) is 4.86. The molecular formula is C21H21ClN2O. The molecular weight excluding hydrogens is 332 g/mol. The number of rotatable bonds is 4. The first-order valence-electron chi connectivity index (χ1n) is 8.74. The predicted octanol–water partition coefficient (Wildman–Crippen LogP) is 4.93. The number of piperidine rings is 1. The second-order valence-corrected chi connectivity index (χ2v) is 6.98. The highest BCUT2D eigenvalue weighted by molar-refractivity contribution is 6.31. The van der Waals surface area contributed by atoms with E-state index in [2.05, 4.69) is 28.1 Å². The number of likely N-dealkylation sites (tertiary alicyclic amines) is 1. The molecule has 0 atom stereocenters. The van der Waals surface area contributed by atoms with E-state index in [1.54, 1.807) is 0 Å². The number of nitrogens with zero attached hydrogens (tertiary/aromatic N) is 2. The number of fused-ring (bicyclic) bond motifs is 1. The maximum Gasteiger partial charge on any atom is 0.120 e. The lowest BCUT2D eigenvalue weighted by atomic mass is 10.1. The standard InChI is InChI=1S/C21H21ClN2O/c22-21-4-2-1-3-18(21)15-24-11-8-19(9-12-24)25-20-6-5-17-14-23-10-7-16(17)13-20/h1-7,10,13-14,19H,8-9,11-12,15H2. The summed E-state index contributed by atoms with van der Waals surface area (Å²) in [6.07, 6.45) is 6.06. The molecule has 1 aromatic heterocycles. The average Bonchev–Trinajstić information content (AvgIpc) is 2.65. The third kappa shape index (κ3) is 3.94. The second kappa shape index (κ2) is 7.42. The van der Waals surface area contributed by atoms with E-state index >= 15 is 0 Å². The van der Waals surface area contributed by atoms with Crippen LogP contribution in [0, 0.1) is 0 Å². The van der Waals surface area contributed by atoms with Crippen LogP contribution in [-0.2, 0) is 6.54 Å². The lowest BCUT2D eigenvalue weighted by molar-refractivity contribution is 0.0969. The smallest absolute Gasteiger partial charge is 0.120 e. The fourth-order valence-corrected chi connectivity index (χ4v) is 3.58. The maximum absolute atomic E-state index is 6.27. The Morgan fingerprint density at radius 3 is 2.72 bits per heavy atom. The maximum atomic E-state index is 6.27. The SMILES string of the molecule is Clc1ccccc1CN1CCC(Oc2ccc3cnccc3c2)CC1. The summed E-state index contributed by atoms with van der Waals surface area (Å²) in [6, 6.07) is 16.3. The van der Waals surface area contributed by atoms with Crippen LogP contribution < -0.4 is 4.74 Å². The molecule has 1 fully saturated rings. The minimum atomic E-state index is 0.279. The molecule has 0 amide bonds. The van der Waals surface area contributed by atoms with Crippen LogP contribution in [-0.4, -0.2) is 29.1 Å². The van der Waals surface area contributed by atoms with E-state index in [1.165, 1.54) is 10.9 Å². The normalized spacial score (nSPS) is 16.2. The molecule has 2 aromatic carbocycles. The zero-order chi connectivity index (χ0) is 17.1. The summed E-state index contributed by atoms with van der Waals surface area (Å²) >= 11 is 6.27. The van der Waals surface area contributed by atoms with E-state index in [0.29, 0.717) is 0 Å². The van der Waals surface area contributed by atoms with Gasteiger partial charge in [0, 0.05) is 42.4 Å². The molecule has 2 heterocycles. The van der Waals surface area contributed by atoms with Crippen LogP contribution in [0.2, 0.25) is 5.02 Å². The number of halogens is 1. The highest BCUT2D eigenvalue weighted by Crippen LogP contribution is 2.25. The summed E-state index contributed by atoms with van der Waals surface area (Å²) in [6.45, 7) is 2.98. The van der Waals surface area contributed by atoms with Crippen molar-refractivity contribution in [2.24, 2.45) is 0 Å². The van der Waals surface area contributed by atoms with Gasteiger partial charge in [-0.15, -0.1) is 0 Å². The van der Waals surface area contributed by atoms with E-state index < -0.39 is 0 Å². The van der Waals surface area contributed by atoms with Crippen LogP contribution in [0.5, 0.6) is 5.75 Å². The lowest BCUT2D eigenvalue weighted by Gasteiger charge is -2.32. The number of hydrogen-bond donors (Lipinski definition) is 0. The summed E-state index contributed by atoms with van der Waals surface area (Å²) < 4.78 is 6.21. The van der Waals surface area contributed by atoms with Crippen LogP contribution in [0.1, 0.15) is 18.4 Å². The fraction of sp³-hybridized carbons (Fsp3) is 0.286. The molecule has 0 bridgehead atoms. The Bertz CT molecular complexity index is 859. The fourth-order valence-electron chi connectivity index (χ4n) is 3.38. The highest BCUT2D eigenvalue weighted by atomic mass is 35.5. The minimum absolute atomic E-state index is 0.279. The predicted molar refractivity (Wildman–Crippen MR) is 102 cm³/mol. The largest absolute Gasteiger partial charge is 0.490 e. The molecule has 1 saturated heterocycles. The molecule has 3 nitrogen and oxygen atoms in total. The molecule has 0 radical (unpaired) electrons. The molecule has 4 rings (SSSR count). The summed E-state index contributed by atoms with van der Waals surface area (Å²) in [5.41, 5.74) is 1.20. The van der Waals surface area contributed by atoms with Crippen molar-refractivity contribution >= 4 is 22.4 Å². The van der Waals surface area contributed by atoms with Gasteiger partial charge in [-0.2, -0.15) is 0 Å². The number of pyridine rings is 1. The first-order valence-corrected chi connectivity index (χ1v) is 9.12. The Morgan fingerprint density at radius 2 is 1.88 bits per heavy atom. The van der Waals surface area contributed by atoms with E-state index in [4.69, 9.17) is 16.3 Å². The molecule has 1 aliphatic heterocycles. The van der Waals surface area contributed by atoms with Gasteiger partial charge in [-0.05, 0) is 54.1 Å². The van der Waals surface area contributed by atoms with Crippen molar-refractivity contribution in [2.75, 3.05) is 13.1 Å². The van der Waals surface area contributed by atoms with Crippen LogP contribution in [0.15, 0.2) is 60.9 Å². The lowest BCUT2D eigenvalue weighted by Crippen LogP contribution is -2.37. The number of ether oxygens (including phenoxy) is 1. The molecule has 0 saturated carbocycles. The van der Waals surface area contributed by atoms with Gasteiger partial charge in [0.25, 0.3) is 0 Å². The van der Waals surface area contributed by atoms with Gasteiger partial charge >= 0.3 is 0 Å². The molecule has 0 unspecified atom stereocenters. The van der Waals surface area contributed by atoms with Gasteiger partial charge in [0.15, 0.2) is 0 Å². The Hall–Kier alpha value is -2.10. The number of aromatic nitrogens is 1. The Labute approximate surface area is 153 Å². The second-order valence-electron chi connectivity index (χ2n) is 6.57. The molecule has 4 heteroatoms. The van der Waals surface area contributed by atoms with Gasteiger partial charge in [-0.25, -0.2) is 0 Å². The van der Waals surface area contributed by atoms with Crippen molar-refractivity contribution in [2.45, 2.75) is 25.5 Å². The first kappa shape index (κ1) is 16.4. The zero-order valence-electron chi connectivity index (χ0n) is 14.1. The van der Waals surface area contributed by atoms with Crippen molar-refractivity contribution in [3.05, 3.63) is 71.5 Å². The van der Waals surface area contributed by atoms with E-state index in [1.807, 2.05) is 42.7 Å². The van der Waals surface area contributed by atoms with Crippen LogP contribution in [0.25, 0.3) is 10.8 Å². The summed E-state index contributed by atoms with van der Waals surface area (Å²) in [7, 11) is 0.